The van der Waals surface area contributed by atoms with Gasteiger partial charge in [0.2, 0.25) is 0 Å². The summed E-state index contributed by atoms with van der Waals surface area (Å²) in [6.45, 7) is 0.850. The van der Waals surface area contributed by atoms with E-state index in [1.54, 1.807) is 12.4 Å². The molecule has 0 radical (unpaired) electrons. The second kappa shape index (κ2) is 7.08. The molecule has 0 amide bonds. The summed E-state index contributed by atoms with van der Waals surface area (Å²) in [4.78, 5) is 9.08. The standard InChI is InChI=1S/C23H17Cl2N3/c24-10-3-13-28-20-5-2-1-4-17(20)23-21(28)14-18-19(27-23)7-6-16(22(18)25)15-8-11-26-12-9-15/h1-2,4-9,11-12,14H,3,10,13H2. The number of aromatic nitrogens is 3. The number of nitrogens with zero attached hydrogens (tertiary/aromatic N) is 3. The van der Waals surface area contributed by atoms with E-state index in [4.69, 9.17) is 28.2 Å². The topological polar surface area (TPSA) is 30.7 Å². The molecule has 138 valence electrons. The van der Waals surface area contributed by atoms with Crippen molar-refractivity contribution in [3.63, 3.8) is 0 Å². The fraction of sp³-hybridized carbons (Fsp3) is 0.130. The Kier molecular flexibility index (Phi) is 4.42. The maximum Gasteiger partial charge on any atom is 0.0967 e. The molecule has 0 saturated heterocycles. The maximum absolute atomic E-state index is 6.84. The fourth-order valence-electron chi connectivity index (χ4n) is 3.86. The third-order valence-corrected chi connectivity index (χ3v) is 5.83. The first kappa shape index (κ1) is 17.5. The molecule has 3 aromatic heterocycles. The Hall–Kier alpha value is -2.62. The Morgan fingerprint density at radius 1 is 0.893 bits per heavy atom. The molecule has 28 heavy (non-hydrogen) atoms. The lowest BCUT2D eigenvalue weighted by Gasteiger charge is -2.10. The molecular formula is C23H17Cl2N3. The van der Waals surface area contributed by atoms with Crippen molar-refractivity contribution in [2.45, 2.75) is 13.0 Å². The van der Waals surface area contributed by atoms with Gasteiger partial charge in [-0.25, -0.2) is 4.98 Å². The van der Waals surface area contributed by atoms with Crippen LogP contribution in [0, 0.1) is 0 Å². The number of halogens is 2. The van der Waals surface area contributed by atoms with Crippen molar-refractivity contribution in [3.8, 4) is 11.1 Å². The van der Waals surface area contributed by atoms with Crippen molar-refractivity contribution < 1.29 is 0 Å². The number of benzene rings is 2. The number of para-hydroxylation sites is 1. The van der Waals surface area contributed by atoms with Crippen LogP contribution >= 0.6 is 23.2 Å². The Morgan fingerprint density at radius 3 is 2.54 bits per heavy atom. The summed E-state index contributed by atoms with van der Waals surface area (Å²) in [7, 11) is 0. The van der Waals surface area contributed by atoms with Gasteiger partial charge in [0, 0.05) is 41.2 Å². The first-order valence-electron chi connectivity index (χ1n) is 9.24. The van der Waals surface area contributed by atoms with Gasteiger partial charge in [0.25, 0.3) is 0 Å². The Morgan fingerprint density at radius 2 is 1.71 bits per heavy atom. The highest BCUT2D eigenvalue weighted by Crippen LogP contribution is 2.37. The van der Waals surface area contributed by atoms with E-state index >= 15 is 0 Å². The van der Waals surface area contributed by atoms with Crippen LogP contribution in [0.2, 0.25) is 5.02 Å². The van der Waals surface area contributed by atoms with Gasteiger partial charge in [-0.2, -0.15) is 0 Å². The minimum atomic E-state index is 0.627. The highest BCUT2D eigenvalue weighted by atomic mass is 35.5. The van der Waals surface area contributed by atoms with Gasteiger partial charge in [0.15, 0.2) is 0 Å². The molecule has 5 aromatic rings. The fourth-order valence-corrected chi connectivity index (χ4v) is 4.30. The van der Waals surface area contributed by atoms with Crippen LogP contribution in [0.4, 0.5) is 0 Å². The smallest absolute Gasteiger partial charge is 0.0967 e. The van der Waals surface area contributed by atoms with E-state index in [1.807, 2.05) is 24.3 Å². The predicted octanol–water partition coefficient (Wildman–Crippen LogP) is 6.69. The molecule has 0 aliphatic heterocycles. The zero-order valence-corrected chi connectivity index (χ0v) is 16.6. The first-order valence-corrected chi connectivity index (χ1v) is 10.2. The first-order chi connectivity index (χ1) is 13.8. The number of hydrogen-bond acceptors (Lipinski definition) is 2. The van der Waals surface area contributed by atoms with E-state index in [9.17, 15) is 0 Å². The molecule has 0 N–H and O–H groups in total. The average molecular weight is 406 g/mol. The Bertz CT molecular complexity index is 1310. The average Bonchev–Trinajstić information content (AvgIpc) is 3.05. The van der Waals surface area contributed by atoms with Gasteiger partial charge in [-0.1, -0.05) is 35.9 Å². The monoisotopic (exact) mass is 405 g/mol. The summed E-state index contributed by atoms with van der Waals surface area (Å²) in [5.74, 6) is 0.627. The largest absolute Gasteiger partial charge is 0.339 e. The van der Waals surface area contributed by atoms with Crippen LogP contribution in [-0.4, -0.2) is 20.4 Å². The molecule has 3 nitrogen and oxygen atoms in total. The molecule has 0 fully saturated rings. The third kappa shape index (κ3) is 2.74. The summed E-state index contributed by atoms with van der Waals surface area (Å²) in [6.07, 6.45) is 4.46. The van der Waals surface area contributed by atoms with Crippen LogP contribution in [0.3, 0.4) is 0 Å². The van der Waals surface area contributed by atoms with Gasteiger partial charge < -0.3 is 4.57 Å². The highest BCUT2D eigenvalue weighted by molar-refractivity contribution is 6.38. The summed E-state index contributed by atoms with van der Waals surface area (Å²) in [5, 5.41) is 2.83. The minimum absolute atomic E-state index is 0.627. The van der Waals surface area contributed by atoms with Gasteiger partial charge in [-0.05, 0) is 42.3 Å². The highest BCUT2D eigenvalue weighted by Gasteiger charge is 2.15. The molecule has 0 spiro atoms. The van der Waals surface area contributed by atoms with Crippen LogP contribution in [0.15, 0.2) is 67.0 Å². The molecule has 0 aliphatic carbocycles. The summed E-state index contributed by atoms with van der Waals surface area (Å²) >= 11 is 12.8. The summed E-state index contributed by atoms with van der Waals surface area (Å²) in [5.41, 5.74) is 6.20. The normalized spacial score (nSPS) is 11.6. The van der Waals surface area contributed by atoms with Crippen molar-refractivity contribution in [1.29, 1.82) is 0 Å². The van der Waals surface area contributed by atoms with Crippen LogP contribution < -0.4 is 0 Å². The molecule has 2 aromatic carbocycles. The van der Waals surface area contributed by atoms with Crippen LogP contribution in [0.5, 0.6) is 0 Å². The van der Waals surface area contributed by atoms with Crippen LogP contribution in [0.25, 0.3) is 44.0 Å². The lowest BCUT2D eigenvalue weighted by Crippen LogP contribution is -1.98. The molecular weight excluding hydrogens is 389 g/mol. The van der Waals surface area contributed by atoms with Gasteiger partial charge in [0.05, 0.1) is 27.1 Å². The molecule has 3 heterocycles. The van der Waals surface area contributed by atoms with E-state index in [0.29, 0.717) is 10.9 Å². The number of alkyl halides is 1. The number of aryl methyl sites for hydroxylation is 1. The van der Waals surface area contributed by atoms with Crippen molar-refractivity contribution in [3.05, 3.63) is 72.0 Å². The van der Waals surface area contributed by atoms with E-state index in [2.05, 4.69) is 39.9 Å². The zero-order valence-electron chi connectivity index (χ0n) is 15.1. The molecule has 5 rings (SSSR count). The lowest BCUT2D eigenvalue weighted by atomic mass is 10.0. The molecule has 0 aliphatic rings. The Labute approximate surface area is 172 Å². The summed E-state index contributed by atoms with van der Waals surface area (Å²) in [6, 6.07) is 18.6. The van der Waals surface area contributed by atoms with Crippen LogP contribution in [-0.2, 0) is 6.54 Å². The Balaban J connectivity index is 1.83. The number of hydrogen-bond donors (Lipinski definition) is 0. The lowest BCUT2D eigenvalue weighted by molar-refractivity contribution is 0.728. The van der Waals surface area contributed by atoms with E-state index in [0.717, 1.165) is 51.4 Å². The van der Waals surface area contributed by atoms with E-state index < -0.39 is 0 Å². The van der Waals surface area contributed by atoms with Crippen molar-refractivity contribution >= 4 is 56.0 Å². The van der Waals surface area contributed by atoms with Crippen molar-refractivity contribution in [2.24, 2.45) is 0 Å². The molecule has 0 bridgehead atoms. The second-order valence-electron chi connectivity index (χ2n) is 6.80. The SMILES string of the molecule is ClCCCn1c2ccccc2c2nc3ccc(-c4ccncc4)c(Cl)c3cc21. The third-order valence-electron chi connectivity index (χ3n) is 5.16. The quantitative estimate of drug-likeness (QED) is 0.312. The minimum Gasteiger partial charge on any atom is -0.339 e. The second-order valence-corrected chi connectivity index (χ2v) is 7.55. The van der Waals surface area contributed by atoms with Gasteiger partial charge >= 0.3 is 0 Å². The van der Waals surface area contributed by atoms with Crippen molar-refractivity contribution in [2.75, 3.05) is 5.88 Å². The predicted molar refractivity (Wildman–Crippen MR) is 118 cm³/mol. The molecule has 0 unspecified atom stereocenters. The maximum atomic E-state index is 6.84. The van der Waals surface area contributed by atoms with Gasteiger partial charge in [-0.15, -0.1) is 11.6 Å². The number of pyridine rings is 2. The number of rotatable bonds is 4. The molecule has 0 saturated carbocycles. The number of fused-ring (bicyclic) bond motifs is 4. The van der Waals surface area contributed by atoms with Gasteiger partial charge in [0.1, 0.15) is 0 Å². The van der Waals surface area contributed by atoms with E-state index in [1.165, 1.54) is 5.52 Å². The zero-order chi connectivity index (χ0) is 19.1. The molecule has 0 atom stereocenters. The van der Waals surface area contributed by atoms with Gasteiger partial charge in [-0.3, -0.25) is 4.98 Å². The van der Waals surface area contributed by atoms with Crippen LogP contribution in [0.1, 0.15) is 6.42 Å². The molecule has 5 heteroatoms. The summed E-state index contributed by atoms with van der Waals surface area (Å²) < 4.78 is 2.30. The van der Waals surface area contributed by atoms with E-state index in [-0.39, 0.29) is 0 Å². The van der Waals surface area contributed by atoms with Crippen molar-refractivity contribution in [1.82, 2.24) is 14.5 Å².